The van der Waals surface area contributed by atoms with Gasteiger partial charge in [0.15, 0.2) is 0 Å². The van der Waals surface area contributed by atoms with Crippen LogP contribution in [0.2, 0.25) is 0 Å². The van der Waals surface area contributed by atoms with Gasteiger partial charge in [-0.05, 0) is 30.3 Å². The molecule has 0 bridgehead atoms. The largest absolute Gasteiger partial charge is 0.494 e. The van der Waals surface area contributed by atoms with E-state index in [1.54, 1.807) is 18.6 Å². The van der Waals surface area contributed by atoms with E-state index in [0.717, 1.165) is 45.0 Å². The molecule has 0 atom stereocenters. The predicted molar refractivity (Wildman–Crippen MR) is 110 cm³/mol. The Labute approximate surface area is 162 Å². The maximum absolute atomic E-state index is 10.9. The van der Waals surface area contributed by atoms with Gasteiger partial charge in [0, 0.05) is 59.8 Å². The smallest absolute Gasteiger partial charge is 0.201 e. The van der Waals surface area contributed by atoms with E-state index in [4.69, 9.17) is 4.98 Å². The highest BCUT2D eigenvalue weighted by atomic mass is 16.3. The van der Waals surface area contributed by atoms with Crippen LogP contribution in [0, 0.1) is 0 Å². The Morgan fingerprint density at radius 2 is 1.71 bits per heavy atom. The molecule has 5 heteroatoms. The zero-order chi connectivity index (χ0) is 18.9. The molecule has 0 radical (unpaired) electrons. The lowest BCUT2D eigenvalue weighted by molar-refractivity contribution is 0.422. The first kappa shape index (κ1) is 16.4. The molecule has 0 amide bonds. The topological polar surface area (TPSA) is 63.8 Å². The highest BCUT2D eigenvalue weighted by Gasteiger charge is 2.14. The third kappa shape index (κ3) is 2.87. The van der Waals surface area contributed by atoms with Crippen molar-refractivity contribution in [3.05, 3.63) is 85.1 Å². The van der Waals surface area contributed by atoms with Crippen LogP contribution in [0.15, 0.2) is 79.4 Å². The molecule has 0 fully saturated rings. The van der Waals surface area contributed by atoms with Crippen molar-refractivity contribution in [3.63, 3.8) is 0 Å². The van der Waals surface area contributed by atoms with Crippen LogP contribution < -0.4 is 0 Å². The van der Waals surface area contributed by atoms with Crippen LogP contribution in [0.25, 0.3) is 32.9 Å². The molecule has 5 aromatic rings. The van der Waals surface area contributed by atoms with Crippen molar-refractivity contribution in [1.29, 1.82) is 0 Å². The van der Waals surface area contributed by atoms with Gasteiger partial charge < -0.3 is 9.67 Å². The molecule has 4 aromatic heterocycles. The quantitative estimate of drug-likeness (QED) is 0.505. The molecule has 0 saturated carbocycles. The predicted octanol–water partition coefficient (Wildman–Crippen LogP) is 4.59. The highest BCUT2D eigenvalue weighted by molar-refractivity contribution is 5.98. The SMILES string of the molecule is Oc1c2c(-c3ccncc3)nccc2cn1CCc1ccc2ccccc2n1. The minimum absolute atomic E-state index is 0.232. The number of fused-ring (bicyclic) bond motifs is 2. The highest BCUT2D eigenvalue weighted by Crippen LogP contribution is 2.34. The van der Waals surface area contributed by atoms with Gasteiger partial charge >= 0.3 is 0 Å². The lowest BCUT2D eigenvalue weighted by Gasteiger charge is -2.07. The van der Waals surface area contributed by atoms with Crippen LogP contribution in [0.3, 0.4) is 0 Å². The fourth-order valence-electron chi connectivity index (χ4n) is 3.57. The van der Waals surface area contributed by atoms with E-state index in [0.29, 0.717) is 6.54 Å². The molecule has 0 aliphatic rings. The Bertz CT molecular complexity index is 1280. The second-order valence-corrected chi connectivity index (χ2v) is 6.75. The van der Waals surface area contributed by atoms with Gasteiger partial charge in [0.1, 0.15) is 0 Å². The lowest BCUT2D eigenvalue weighted by Crippen LogP contribution is -2.01. The third-order valence-corrected chi connectivity index (χ3v) is 4.99. The van der Waals surface area contributed by atoms with Crippen LogP contribution in [0.4, 0.5) is 0 Å². The summed E-state index contributed by atoms with van der Waals surface area (Å²) in [5.74, 6) is 0.232. The fourth-order valence-corrected chi connectivity index (χ4v) is 3.57. The van der Waals surface area contributed by atoms with Crippen molar-refractivity contribution in [2.45, 2.75) is 13.0 Å². The number of hydrogen-bond donors (Lipinski definition) is 1. The van der Waals surface area contributed by atoms with Crippen LogP contribution in [0.1, 0.15) is 5.69 Å². The first-order valence-corrected chi connectivity index (χ1v) is 9.21. The summed E-state index contributed by atoms with van der Waals surface area (Å²) < 4.78 is 1.87. The first-order chi connectivity index (χ1) is 13.8. The summed E-state index contributed by atoms with van der Waals surface area (Å²) in [6, 6.07) is 18.0. The van der Waals surface area contributed by atoms with E-state index < -0.39 is 0 Å². The zero-order valence-electron chi connectivity index (χ0n) is 15.2. The Balaban J connectivity index is 1.48. The molecule has 0 aliphatic carbocycles. The number of aromatic nitrogens is 4. The molecule has 1 aromatic carbocycles. The number of hydrogen-bond acceptors (Lipinski definition) is 4. The summed E-state index contributed by atoms with van der Waals surface area (Å²) in [4.78, 5) is 13.3. The molecule has 136 valence electrons. The summed E-state index contributed by atoms with van der Waals surface area (Å²) in [7, 11) is 0. The average molecular weight is 366 g/mol. The summed E-state index contributed by atoms with van der Waals surface area (Å²) in [5, 5.41) is 13.7. The molecule has 0 saturated heterocycles. The normalized spacial score (nSPS) is 11.3. The molecule has 0 unspecified atom stereocenters. The van der Waals surface area contributed by atoms with Crippen molar-refractivity contribution in [2.24, 2.45) is 0 Å². The van der Waals surface area contributed by atoms with E-state index >= 15 is 0 Å². The average Bonchev–Trinajstić information content (AvgIpc) is 3.08. The number of aryl methyl sites for hydroxylation is 2. The van der Waals surface area contributed by atoms with Gasteiger partial charge in [-0.15, -0.1) is 0 Å². The molecule has 5 nitrogen and oxygen atoms in total. The number of para-hydroxylation sites is 1. The fraction of sp³-hybridized carbons (Fsp3) is 0.0870. The van der Waals surface area contributed by atoms with Crippen molar-refractivity contribution in [2.75, 3.05) is 0 Å². The number of nitrogens with zero attached hydrogens (tertiary/aromatic N) is 4. The third-order valence-electron chi connectivity index (χ3n) is 4.99. The Morgan fingerprint density at radius 3 is 2.61 bits per heavy atom. The monoisotopic (exact) mass is 366 g/mol. The Hall–Kier alpha value is -3.73. The van der Waals surface area contributed by atoms with Crippen LogP contribution >= 0.6 is 0 Å². The van der Waals surface area contributed by atoms with Gasteiger partial charge in [-0.3, -0.25) is 15.0 Å². The maximum Gasteiger partial charge on any atom is 0.201 e. The molecule has 4 heterocycles. The lowest BCUT2D eigenvalue weighted by atomic mass is 10.1. The maximum atomic E-state index is 10.9. The van der Waals surface area contributed by atoms with Crippen LogP contribution in [0.5, 0.6) is 5.88 Å². The Morgan fingerprint density at radius 1 is 0.857 bits per heavy atom. The standard InChI is InChI=1S/C23H18N4O/c28-23-21-18(9-13-25-22(21)17-7-11-24-12-8-17)15-27(23)14-10-19-6-5-16-3-1-2-4-20(16)26-19/h1-9,11-13,15,28H,10,14H2. The molecular formula is C23H18N4O. The van der Waals surface area contributed by atoms with E-state index in [-0.39, 0.29) is 5.88 Å². The molecule has 0 aliphatic heterocycles. The van der Waals surface area contributed by atoms with Crippen LogP contribution in [-0.4, -0.2) is 24.6 Å². The number of benzene rings is 1. The minimum atomic E-state index is 0.232. The number of rotatable bonds is 4. The summed E-state index contributed by atoms with van der Waals surface area (Å²) in [6.45, 7) is 0.641. The molecule has 28 heavy (non-hydrogen) atoms. The van der Waals surface area contributed by atoms with Crippen molar-refractivity contribution < 1.29 is 5.11 Å². The van der Waals surface area contributed by atoms with Crippen molar-refractivity contribution in [1.82, 2.24) is 19.5 Å². The molecule has 1 N–H and O–H groups in total. The summed E-state index contributed by atoms with van der Waals surface area (Å²) >= 11 is 0. The summed E-state index contributed by atoms with van der Waals surface area (Å²) in [5.41, 5.74) is 3.69. The molecule has 0 spiro atoms. The van der Waals surface area contributed by atoms with Gasteiger partial charge in [-0.1, -0.05) is 24.3 Å². The second-order valence-electron chi connectivity index (χ2n) is 6.75. The Kier molecular flexibility index (Phi) is 3.98. The van der Waals surface area contributed by atoms with Crippen molar-refractivity contribution in [3.8, 4) is 17.1 Å². The van der Waals surface area contributed by atoms with Gasteiger partial charge in [0.25, 0.3) is 0 Å². The van der Waals surface area contributed by atoms with Crippen molar-refractivity contribution >= 4 is 21.7 Å². The first-order valence-electron chi connectivity index (χ1n) is 9.21. The number of aromatic hydroxyl groups is 1. The van der Waals surface area contributed by atoms with Gasteiger partial charge in [-0.25, -0.2) is 0 Å². The van der Waals surface area contributed by atoms with Gasteiger partial charge in [-0.2, -0.15) is 0 Å². The van der Waals surface area contributed by atoms with E-state index in [2.05, 4.69) is 22.1 Å². The summed E-state index contributed by atoms with van der Waals surface area (Å²) in [6.07, 6.45) is 7.94. The molecule has 5 rings (SSSR count). The van der Waals surface area contributed by atoms with Crippen LogP contribution in [-0.2, 0) is 13.0 Å². The zero-order valence-corrected chi connectivity index (χ0v) is 15.2. The molecular weight excluding hydrogens is 348 g/mol. The minimum Gasteiger partial charge on any atom is -0.494 e. The van der Waals surface area contributed by atoms with Gasteiger partial charge in [0.05, 0.1) is 16.6 Å². The van der Waals surface area contributed by atoms with E-state index in [1.807, 2.05) is 53.2 Å². The van der Waals surface area contributed by atoms with E-state index in [9.17, 15) is 5.11 Å². The number of pyridine rings is 3. The van der Waals surface area contributed by atoms with E-state index in [1.165, 1.54) is 0 Å². The second kappa shape index (κ2) is 6.78. The van der Waals surface area contributed by atoms with Gasteiger partial charge in [0.2, 0.25) is 5.88 Å².